The quantitative estimate of drug-likeness (QED) is 0.793. The van der Waals surface area contributed by atoms with Crippen molar-refractivity contribution in [1.82, 2.24) is 10.6 Å². The Morgan fingerprint density at radius 1 is 1.50 bits per heavy atom. The van der Waals surface area contributed by atoms with E-state index in [9.17, 15) is 4.79 Å². The third-order valence-corrected chi connectivity index (χ3v) is 2.99. The predicted molar refractivity (Wildman–Crippen MR) is 79.5 cm³/mol. The molecule has 1 saturated heterocycles. The van der Waals surface area contributed by atoms with Crippen molar-refractivity contribution in [2.75, 3.05) is 32.9 Å². The number of benzene rings is 1. The molecule has 0 spiro atoms. The maximum Gasteiger partial charge on any atom is 0.239 e. The molecule has 20 heavy (non-hydrogen) atoms. The maximum atomic E-state index is 11.8. The molecule has 1 amide bonds. The Bertz CT molecular complexity index is 423. The van der Waals surface area contributed by atoms with E-state index in [1.807, 2.05) is 31.2 Å². The van der Waals surface area contributed by atoms with Crippen LogP contribution in [0.4, 0.5) is 0 Å². The average Bonchev–Trinajstić information content (AvgIpc) is 2.46. The highest BCUT2D eigenvalue weighted by Gasteiger charge is 2.20. The molecule has 0 aliphatic carbocycles. The van der Waals surface area contributed by atoms with Gasteiger partial charge in [0.2, 0.25) is 5.91 Å². The molecule has 1 aliphatic heterocycles. The van der Waals surface area contributed by atoms with Crippen molar-refractivity contribution in [3.05, 3.63) is 29.8 Å². The summed E-state index contributed by atoms with van der Waals surface area (Å²) in [6.07, 6.45) is 0. The number of morpholine rings is 1. The van der Waals surface area contributed by atoms with Gasteiger partial charge in [0, 0.05) is 6.54 Å². The van der Waals surface area contributed by atoms with Crippen LogP contribution in [0.2, 0.25) is 0 Å². The number of carbonyl (C=O) groups is 1. The second-order valence-corrected chi connectivity index (χ2v) is 4.49. The van der Waals surface area contributed by atoms with E-state index in [1.54, 1.807) is 0 Å². The summed E-state index contributed by atoms with van der Waals surface area (Å²) in [5.41, 5.74) is 1.09. The summed E-state index contributed by atoms with van der Waals surface area (Å²) in [6, 6.07) is 7.58. The summed E-state index contributed by atoms with van der Waals surface area (Å²) in [5.74, 6) is 0.823. The first-order valence-corrected chi connectivity index (χ1v) is 6.54. The zero-order valence-electron chi connectivity index (χ0n) is 11.6. The molecule has 1 aliphatic rings. The molecule has 1 atom stereocenters. The van der Waals surface area contributed by atoms with Gasteiger partial charge in [-0.3, -0.25) is 4.79 Å². The highest BCUT2D eigenvalue weighted by atomic mass is 35.5. The highest BCUT2D eigenvalue weighted by molar-refractivity contribution is 5.85. The summed E-state index contributed by atoms with van der Waals surface area (Å²) in [5, 5.41) is 5.94. The maximum absolute atomic E-state index is 11.8. The average molecular weight is 301 g/mol. The van der Waals surface area contributed by atoms with Gasteiger partial charge in [0.1, 0.15) is 18.4 Å². The fourth-order valence-electron chi connectivity index (χ4n) is 1.91. The highest BCUT2D eigenvalue weighted by Crippen LogP contribution is 2.15. The molecule has 112 valence electrons. The molecule has 2 N–H and O–H groups in total. The zero-order valence-corrected chi connectivity index (χ0v) is 12.4. The minimum Gasteiger partial charge on any atom is -0.491 e. The fraction of sp³-hybridized carbons (Fsp3) is 0.500. The topological polar surface area (TPSA) is 59.6 Å². The van der Waals surface area contributed by atoms with Crippen LogP contribution in [0.25, 0.3) is 0 Å². The monoisotopic (exact) mass is 300 g/mol. The van der Waals surface area contributed by atoms with Crippen LogP contribution in [-0.2, 0) is 9.53 Å². The van der Waals surface area contributed by atoms with Crippen LogP contribution >= 0.6 is 12.4 Å². The van der Waals surface area contributed by atoms with Gasteiger partial charge in [-0.15, -0.1) is 12.4 Å². The second kappa shape index (κ2) is 8.79. The van der Waals surface area contributed by atoms with Crippen molar-refractivity contribution >= 4 is 18.3 Å². The Labute approximate surface area is 125 Å². The number of carbonyl (C=O) groups excluding carboxylic acids is 1. The van der Waals surface area contributed by atoms with Gasteiger partial charge < -0.3 is 20.1 Å². The van der Waals surface area contributed by atoms with E-state index >= 15 is 0 Å². The fourth-order valence-corrected chi connectivity index (χ4v) is 1.91. The summed E-state index contributed by atoms with van der Waals surface area (Å²) in [7, 11) is 0. The molecule has 6 heteroatoms. The molecule has 0 saturated carbocycles. The summed E-state index contributed by atoms with van der Waals surface area (Å²) >= 11 is 0. The van der Waals surface area contributed by atoms with E-state index in [2.05, 4.69) is 10.6 Å². The van der Waals surface area contributed by atoms with Gasteiger partial charge in [0.25, 0.3) is 0 Å². The van der Waals surface area contributed by atoms with Crippen LogP contribution in [0.5, 0.6) is 5.75 Å². The zero-order chi connectivity index (χ0) is 13.5. The van der Waals surface area contributed by atoms with E-state index in [4.69, 9.17) is 9.47 Å². The number of hydrogen-bond acceptors (Lipinski definition) is 4. The largest absolute Gasteiger partial charge is 0.491 e. The van der Waals surface area contributed by atoms with Crippen LogP contribution in [0.1, 0.15) is 5.56 Å². The molecule has 1 heterocycles. The minimum atomic E-state index is -0.243. The Kier molecular flexibility index (Phi) is 7.36. The van der Waals surface area contributed by atoms with E-state index < -0.39 is 0 Å². The number of para-hydroxylation sites is 1. The van der Waals surface area contributed by atoms with E-state index in [1.165, 1.54) is 0 Å². The van der Waals surface area contributed by atoms with Crippen LogP contribution in [-0.4, -0.2) is 44.9 Å². The Morgan fingerprint density at radius 2 is 2.30 bits per heavy atom. The molecule has 0 bridgehead atoms. The molecular weight excluding hydrogens is 280 g/mol. The van der Waals surface area contributed by atoms with Crippen LogP contribution < -0.4 is 15.4 Å². The Balaban J connectivity index is 0.00000200. The number of aryl methyl sites for hydroxylation is 1. The van der Waals surface area contributed by atoms with E-state index in [0.29, 0.717) is 26.4 Å². The van der Waals surface area contributed by atoms with Crippen molar-refractivity contribution in [3.63, 3.8) is 0 Å². The minimum absolute atomic E-state index is 0. The SMILES string of the molecule is Cc1ccccc1OCCNC(=O)C1COCCN1.Cl. The number of rotatable bonds is 5. The molecule has 0 radical (unpaired) electrons. The smallest absolute Gasteiger partial charge is 0.239 e. The first kappa shape index (κ1) is 16.8. The van der Waals surface area contributed by atoms with Crippen LogP contribution in [0.3, 0.4) is 0 Å². The summed E-state index contributed by atoms with van der Waals surface area (Å²) in [6.45, 7) is 4.77. The first-order valence-electron chi connectivity index (χ1n) is 6.54. The molecule has 1 aromatic rings. The van der Waals surface area contributed by atoms with Gasteiger partial charge in [0.05, 0.1) is 19.8 Å². The van der Waals surface area contributed by atoms with Crippen molar-refractivity contribution in [1.29, 1.82) is 0 Å². The van der Waals surface area contributed by atoms with Gasteiger partial charge in [-0.2, -0.15) is 0 Å². The Hall–Kier alpha value is -1.30. The number of ether oxygens (including phenoxy) is 2. The number of nitrogens with one attached hydrogen (secondary N) is 2. The molecule has 1 unspecified atom stereocenters. The lowest BCUT2D eigenvalue weighted by Gasteiger charge is -2.22. The number of amides is 1. The van der Waals surface area contributed by atoms with Gasteiger partial charge >= 0.3 is 0 Å². The van der Waals surface area contributed by atoms with Crippen molar-refractivity contribution in [2.45, 2.75) is 13.0 Å². The summed E-state index contributed by atoms with van der Waals surface area (Å²) in [4.78, 5) is 11.8. The van der Waals surface area contributed by atoms with Gasteiger partial charge in [-0.1, -0.05) is 18.2 Å². The van der Waals surface area contributed by atoms with Crippen LogP contribution in [0, 0.1) is 6.92 Å². The van der Waals surface area contributed by atoms with E-state index in [0.717, 1.165) is 17.9 Å². The molecule has 0 aromatic heterocycles. The standard InChI is InChI=1S/C14H20N2O3.ClH/c1-11-4-2-3-5-13(11)19-9-7-16-14(17)12-10-18-8-6-15-12;/h2-5,12,15H,6-10H2,1H3,(H,16,17);1H. The third kappa shape index (κ3) is 5.00. The molecule has 5 nitrogen and oxygen atoms in total. The lowest BCUT2D eigenvalue weighted by molar-refractivity contribution is -0.126. The normalized spacial score (nSPS) is 17.9. The molecule has 2 rings (SSSR count). The lowest BCUT2D eigenvalue weighted by Crippen LogP contribution is -2.51. The Morgan fingerprint density at radius 3 is 3.00 bits per heavy atom. The predicted octanol–water partition coefficient (Wildman–Crippen LogP) is 0.900. The first-order chi connectivity index (χ1) is 9.27. The van der Waals surface area contributed by atoms with Gasteiger partial charge in [-0.25, -0.2) is 0 Å². The number of halogens is 1. The second-order valence-electron chi connectivity index (χ2n) is 4.49. The number of hydrogen-bond donors (Lipinski definition) is 2. The van der Waals surface area contributed by atoms with Gasteiger partial charge in [0.15, 0.2) is 0 Å². The summed E-state index contributed by atoms with van der Waals surface area (Å²) < 4.78 is 10.8. The lowest BCUT2D eigenvalue weighted by atomic mass is 10.2. The van der Waals surface area contributed by atoms with Crippen molar-refractivity contribution in [3.8, 4) is 5.75 Å². The van der Waals surface area contributed by atoms with Crippen molar-refractivity contribution < 1.29 is 14.3 Å². The third-order valence-electron chi connectivity index (χ3n) is 2.99. The molecular formula is C14H21ClN2O3. The van der Waals surface area contributed by atoms with Gasteiger partial charge in [-0.05, 0) is 18.6 Å². The van der Waals surface area contributed by atoms with Crippen LogP contribution in [0.15, 0.2) is 24.3 Å². The molecule has 1 fully saturated rings. The molecule has 1 aromatic carbocycles. The van der Waals surface area contributed by atoms with E-state index in [-0.39, 0.29) is 24.4 Å². The van der Waals surface area contributed by atoms with Crippen molar-refractivity contribution in [2.24, 2.45) is 0 Å².